The SMILES string of the molecule is O=c1[nH]c(CS[C@@H]2CCNC[C@@H]2F)nc2ccccc12. The van der Waals surface area contributed by atoms with Gasteiger partial charge in [-0.05, 0) is 25.1 Å². The highest BCUT2D eigenvalue weighted by molar-refractivity contribution is 7.99. The number of hydrogen-bond acceptors (Lipinski definition) is 4. The maximum absolute atomic E-state index is 13.7. The largest absolute Gasteiger partial charge is 0.314 e. The molecule has 0 radical (unpaired) electrons. The van der Waals surface area contributed by atoms with E-state index in [4.69, 9.17) is 0 Å². The first-order valence-electron chi connectivity index (χ1n) is 6.68. The molecule has 20 heavy (non-hydrogen) atoms. The van der Waals surface area contributed by atoms with Crippen molar-refractivity contribution in [3.63, 3.8) is 0 Å². The summed E-state index contributed by atoms with van der Waals surface area (Å²) in [4.78, 5) is 19.1. The van der Waals surface area contributed by atoms with E-state index in [9.17, 15) is 9.18 Å². The van der Waals surface area contributed by atoms with Crippen LogP contribution in [0.4, 0.5) is 4.39 Å². The third-order valence-corrected chi connectivity index (χ3v) is 4.84. The topological polar surface area (TPSA) is 57.8 Å². The lowest BCUT2D eigenvalue weighted by Gasteiger charge is -2.25. The zero-order valence-electron chi connectivity index (χ0n) is 10.9. The van der Waals surface area contributed by atoms with E-state index in [2.05, 4.69) is 15.3 Å². The summed E-state index contributed by atoms with van der Waals surface area (Å²) in [5.41, 5.74) is 0.558. The number of benzene rings is 1. The van der Waals surface area contributed by atoms with Crippen LogP contribution in [0.1, 0.15) is 12.2 Å². The van der Waals surface area contributed by atoms with Gasteiger partial charge in [0.2, 0.25) is 0 Å². The van der Waals surface area contributed by atoms with Gasteiger partial charge in [0, 0.05) is 11.8 Å². The summed E-state index contributed by atoms with van der Waals surface area (Å²) in [7, 11) is 0. The maximum Gasteiger partial charge on any atom is 0.258 e. The Bertz CT molecular complexity index is 660. The number of alkyl halides is 1. The number of aromatic nitrogens is 2. The maximum atomic E-state index is 13.7. The van der Waals surface area contributed by atoms with Crippen molar-refractivity contribution < 1.29 is 4.39 Å². The summed E-state index contributed by atoms with van der Waals surface area (Å²) in [6, 6.07) is 7.25. The molecule has 0 bridgehead atoms. The standard InChI is InChI=1S/C14H16FN3OS/c15-10-7-16-6-5-12(10)20-8-13-17-11-4-2-1-3-9(11)14(19)18-13/h1-4,10,12,16H,5-8H2,(H,17,18,19)/t10-,12+/m0/s1. The van der Waals surface area contributed by atoms with Gasteiger partial charge >= 0.3 is 0 Å². The van der Waals surface area contributed by atoms with Crippen LogP contribution in [0.25, 0.3) is 10.9 Å². The Morgan fingerprint density at radius 3 is 3.10 bits per heavy atom. The Morgan fingerprint density at radius 2 is 2.25 bits per heavy atom. The second-order valence-electron chi connectivity index (χ2n) is 4.89. The van der Waals surface area contributed by atoms with Gasteiger partial charge in [-0.15, -0.1) is 11.8 Å². The fourth-order valence-corrected chi connectivity index (χ4v) is 3.47. The Labute approximate surface area is 120 Å². The van der Waals surface area contributed by atoms with Crippen molar-refractivity contribution in [3.8, 4) is 0 Å². The van der Waals surface area contributed by atoms with Crippen LogP contribution in [0.5, 0.6) is 0 Å². The number of halogens is 1. The molecule has 6 heteroatoms. The highest BCUT2D eigenvalue weighted by atomic mass is 32.2. The van der Waals surface area contributed by atoms with E-state index in [1.165, 1.54) is 11.8 Å². The van der Waals surface area contributed by atoms with Crippen LogP contribution in [0.2, 0.25) is 0 Å². The number of H-pyrrole nitrogens is 1. The molecule has 1 saturated heterocycles. The summed E-state index contributed by atoms with van der Waals surface area (Å²) >= 11 is 1.53. The number of nitrogens with one attached hydrogen (secondary N) is 2. The molecule has 2 N–H and O–H groups in total. The van der Waals surface area contributed by atoms with Crippen LogP contribution >= 0.6 is 11.8 Å². The van der Waals surface area contributed by atoms with Crippen molar-refractivity contribution >= 4 is 22.7 Å². The molecule has 0 aliphatic carbocycles. The average molecular weight is 293 g/mol. The minimum atomic E-state index is -0.832. The van der Waals surface area contributed by atoms with Gasteiger partial charge in [-0.1, -0.05) is 12.1 Å². The number of nitrogens with zero attached hydrogens (tertiary/aromatic N) is 1. The molecule has 0 amide bonds. The van der Waals surface area contributed by atoms with Crippen LogP contribution < -0.4 is 10.9 Å². The molecular weight excluding hydrogens is 277 g/mol. The lowest BCUT2D eigenvalue weighted by molar-refractivity contribution is 0.275. The van der Waals surface area contributed by atoms with Gasteiger partial charge in [-0.3, -0.25) is 4.79 Å². The third-order valence-electron chi connectivity index (χ3n) is 3.44. The number of para-hydroxylation sites is 1. The first kappa shape index (κ1) is 13.6. The van der Waals surface area contributed by atoms with Crippen LogP contribution in [0.3, 0.4) is 0 Å². The van der Waals surface area contributed by atoms with Gasteiger partial charge in [-0.25, -0.2) is 9.37 Å². The molecule has 2 aromatic rings. The van der Waals surface area contributed by atoms with E-state index in [-0.39, 0.29) is 10.8 Å². The molecule has 0 unspecified atom stereocenters. The number of fused-ring (bicyclic) bond motifs is 1. The van der Waals surface area contributed by atoms with E-state index in [1.54, 1.807) is 6.07 Å². The molecule has 1 aliphatic heterocycles. The smallest absolute Gasteiger partial charge is 0.258 e. The van der Waals surface area contributed by atoms with Crippen LogP contribution in [0, 0.1) is 0 Å². The van der Waals surface area contributed by atoms with Crippen molar-refractivity contribution in [2.75, 3.05) is 13.1 Å². The van der Waals surface area contributed by atoms with E-state index in [1.807, 2.05) is 18.2 Å². The predicted octanol–water partition coefficient (Wildman–Crippen LogP) is 1.86. The van der Waals surface area contributed by atoms with E-state index < -0.39 is 6.17 Å². The minimum Gasteiger partial charge on any atom is -0.314 e. The van der Waals surface area contributed by atoms with Crippen molar-refractivity contribution in [1.29, 1.82) is 0 Å². The second kappa shape index (κ2) is 5.93. The normalized spacial score (nSPS) is 23.1. The number of piperidine rings is 1. The fourth-order valence-electron chi connectivity index (χ4n) is 2.37. The Kier molecular flexibility index (Phi) is 4.03. The van der Waals surface area contributed by atoms with Gasteiger partial charge in [-0.2, -0.15) is 0 Å². The van der Waals surface area contributed by atoms with Crippen LogP contribution in [0.15, 0.2) is 29.1 Å². The van der Waals surface area contributed by atoms with Crippen molar-refractivity contribution in [2.45, 2.75) is 23.6 Å². The van der Waals surface area contributed by atoms with Crippen LogP contribution in [-0.4, -0.2) is 34.5 Å². The van der Waals surface area contributed by atoms with E-state index >= 15 is 0 Å². The fraction of sp³-hybridized carbons (Fsp3) is 0.429. The molecule has 3 rings (SSSR count). The summed E-state index contributed by atoms with van der Waals surface area (Å²) in [5, 5.41) is 3.60. The number of aromatic amines is 1. The molecule has 1 fully saturated rings. The monoisotopic (exact) mass is 293 g/mol. The van der Waals surface area contributed by atoms with Crippen molar-refractivity contribution in [3.05, 3.63) is 40.4 Å². The molecule has 106 valence electrons. The first-order valence-corrected chi connectivity index (χ1v) is 7.73. The number of thioether (sulfide) groups is 1. The van der Waals surface area contributed by atoms with Gasteiger partial charge in [0.05, 0.1) is 16.7 Å². The zero-order chi connectivity index (χ0) is 13.9. The molecule has 1 aliphatic rings. The summed E-state index contributed by atoms with van der Waals surface area (Å²) in [6.45, 7) is 1.26. The third kappa shape index (κ3) is 2.86. The Hall–Kier alpha value is -1.40. The van der Waals surface area contributed by atoms with Gasteiger partial charge in [0.25, 0.3) is 5.56 Å². The highest BCUT2D eigenvalue weighted by Crippen LogP contribution is 2.25. The van der Waals surface area contributed by atoms with Gasteiger partial charge < -0.3 is 10.3 Å². The molecule has 2 atom stereocenters. The summed E-state index contributed by atoms with van der Waals surface area (Å²) in [5.74, 6) is 1.15. The average Bonchev–Trinajstić information content (AvgIpc) is 2.46. The zero-order valence-corrected chi connectivity index (χ0v) is 11.8. The van der Waals surface area contributed by atoms with E-state index in [0.717, 1.165) is 13.0 Å². The molecule has 1 aromatic heterocycles. The molecule has 1 aromatic carbocycles. The Morgan fingerprint density at radius 1 is 1.40 bits per heavy atom. The number of hydrogen-bond donors (Lipinski definition) is 2. The molecule has 4 nitrogen and oxygen atoms in total. The lowest BCUT2D eigenvalue weighted by Crippen LogP contribution is -2.39. The summed E-state index contributed by atoms with van der Waals surface area (Å²) in [6.07, 6.45) is -0.0233. The molecular formula is C14H16FN3OS. The predicted molar refractivity (Wildman–Crippen MR) is 79.8 cm³/mol. The molecule has 2 heterocycles. The quantitative estimate of drug-likeness (QED) is 0.907. The Balaban J connectivity index is 1.76. The van der Waals surface area contributed by atoms with Gasteiger partial charge in [0.1, 0.15) is 12.0 Å². The van der Waals surface area contributed by atoms with E-state index in [0.29, 0.717) is 29.0 Å². The first-order chi connectivity index (χ1) is 9.74. The lowest BCUT2D eigenvalue weighted by atomic mass is 10.1. The number of rotatable bonds is 3. The van der Waals surface area contributed by atoms with Crippen LogP contribution in [-0.2, 0) is 5.75 Å². The van der Waals surface area contributed by atoms with Crippen molar-refractivity contribution in [2.24, 2.45) is 0 Å². The molecule has 0 saturated carbocycles. The highest BCUT2D eigenvalue weighted by Gasteiger charge is 2.24. The molecule has 0 spiro atoms. The second-order valence-corrected chi connectivity index (χ2v) is 6.12. The van der Waals surface area contributed by atoms with Gasteiger partial charge in [0.15, 0.2) is 0 Å². The minimum absolute atomic E-state index is 0.0203. The van der Waals surface area contributed by atoms with Crippen molar-refractivity contribution in [1.82, 2.24) is 15.3 Å². The summed E-state index contributed by atoms with van der Waals surface area (Å²) < 4.78 is 13.7.